The number of H-pyrrole nitrogens is 1. The summed E-state index contributed by atoms with van der Waals surface area (Å²) in [6.45, 7) is 2.86. The van der Waals surface area contributed by atoms with Crippen molar-refractivity contribution in [3.8, 4) is 11.9 Å². The minimum atomic E-state index is 0.133. The second-order valence-electron chi connectivity index (χ2n) is 4.93. The highest BCUT2D eigenvalue weighted by molar-refractivity contribution is 5.50. The third-order valence-electron chi connectivity index (χ3n) is 3.56. The van der Waals surface area contributed by atoms with E-state index in [2.05, 4.69) is 30.0 Å². The topological polar surface area (TPSA) is 89.1 Å². The number of methoxy groups -OCH3 is 2. The zero-order chi connectivity index (χ0) is 14.8. The fourth-order valence-corrected chi connectivity index (χ4v) is 2.61. The molecule has 0 radical (unpaired) electrons. The number of hydrogen-bond donors (Lipinski definition) is 1. The molecule has 0 unspecified atom stereocenters. The molecule has 2 aromatic heterocycles. The average Bonchev–Trinajstić information content (AvgIpc) is 3.14. The van der Waals surface area contributed by atoms with Crippen molar-refractivity contribution >= 4 is 5.82 Å². The fourth-order valence-electron chi connectivity index (χ4n) is 2.61. The Morgan fingerprint density at radius 3 is 2.81 bits per heavy atom. The van der Waals surface area contributed by atoms with Crippen LogP contribution in [0.15, 0.2) is 6.20 Å². The summed E-state index contributed by atoms with van der Waals surface area (Å²) in [7, 11) is 3.08. The zero-order valence-corrected chi connectivity index (χ0v) is 12.3. The first-order valence-corrected chi connectivity index (χ1v) is 6.83. The molecule has 8 nitrogen and oxygen atoms in total. The summed E-state index contributed by atoms with van der Waals surface area (Å²) in [5.74, 6) is 1.97. The lowest BCUT2D eigenvalue weighted by Gasteiger charge is -2.24. The molecule has 1 fully saturated rings. The minimum absolute atomic E-state index is 0.133. The minimum Gasteiger partial charge on any atom is -0.477 e. The maximum absolute atomic E-state index is 5.28. The van der Waals surface area contributed by atoms with Crippen molar-refractivity contribution in [2.75, 3.05) is 25.7 Å². The highest BCUT2D eigenvalue weighted by Gasteiger charge is 2.32. The van der Waals surface area contributed by atoms with Crippen LogP contribution in [0.25, 0.3) is 0 Å². The lowest BCUT2D eigenvalue weighted by Crippen LogP contribution is -2.25. The quantitative estimate of drug-likeness (QED) is 0.906. The van der Waals surface area contributed by atoms with Gasteiger partial charge in [0.15, 0.2) is 5.82 Å². The van der Waals surface area contributed by atoms with E-state index in [1.165, 1.54) is 7.11 Å². The van der Waals surface area contributed by atoms with Crippen molar-refractivity contribution in [1.29, 1.82) is 0 Å². The molecule has 112 valence electrons. The first kappa shape index (κ1) is 13.6. The number of aryl methyl sites for hydroxylation is 1. The SMILES string of the molecule is COc1nnc(OC)c(N2CCC[C@H]2c2ncc(C)[nH]2)n1. The molecule has 1 saturated heterocycles. The van der Waals surface area contributed by atoms with Gasteiger partial charge in [-0.3, -0.25) is 0 Å². The molecule has 1 aliphatic heterocycles. The Morgan fingerprint density at radius 1 is 1.29 bits per heavy atom. The van der Waals surface area contributed by atoms with E-state index in [0.29, 0.717) is 11.7 Å². The van der Waals surface area contributed by atoms with Crippen LogP contribution in [0.1, 0.15) is 30.4 Å². The van der Waals surface area contributed by atoms with Gasteiger partial charge < -0.3 is 19.4 Å². The van der Waals surface area contributed by atoms with Crippen LogP contribution in [0.3, 0.4) is 0 Å². The Kier molecular flexibility index (Phi) is 3.59. The number of hydrogen-bond acceptors (Lipinski definition) is 7. The van der Waals surface area contributed by atoms with E-state index in [9.17, 15) is 0 Å². The summed E-state index contributed by atoms with van der Waals surface area (Å²) in [5.41, 5.74) is 1.04. The van der Waals surface area contributed by atoms with Crippen LogP contribution in [-0.2, 0) is 0 Å². The summed E-state index contributed by atoms with van der Waals surface area (Å²) in [5, 5.41) is 7.86. The number of nitrogens with one attached hydrogen (secondary N) is 1. The Hall–Kier alpha value is -2.38. The number of nitrogens with zero attached hydrogens (tertiary/aromatic N) is 5. The van der Waals surface area contributed by atoms with Crippen molar-refractivity contribution in [1.82, 2.24) is 25.1 Å². The van der Waals surface area contributed by atoms with Gasteiger partial charge in [0.25, 0.3) is 5.88 Å². The van der Waals surface area contributed by atoms with Gasteiger partial charge in [-0.2, -0.15) is 4.98 Å². The Bertz CT molecular complexity index is 629. The van der Waals surface area contributed by atoms with Gasteiger partial charge in [-0.15, -0.1) is 5.10 Å². The fraction of sp³-hybridized carbons (Fsp3) is 0.538. The van der Waals surface area contributed by atoms with Gasteiger partial charge in [-0.05, 0) is 19.8 Å². The lowest BCUT2D eigenvalue weighted by molar-refractivity contribution is 0.350. The molecule has 1 N–H and O–H groups in total. The summed E-state index contributed by atoms with van der Waals surface area (Å²) < 4.78 is 10.4. The number of anilines is 1. The molecule has 0 amide bonds. The van der Waals surface area contributed by atoms with Crippen molar-refractivity contribution in [2.24, 2.45) is 0 Å². The molecule has 8 heteroatoms. The van der Waals surface area contributed by atoms with Crippen molar-refractivity contribution in [3.63, 3.8) is 0 Å². The van der Waals surface area contributed by atoms with Gasteiger partial charge in [0.1, 0.15) is 5.82 Å². The van der Waals surface area contributed by atoms with E-state index < -0.39 is 0 Å². The Balaban J connectivity index is 1.98. The molecule has 0 bridgehead atoms. The standard InChI is InChI=1S/C13H18N6O2/c1-8-7-14-10(15-8)9-5-4-6-19(9)11-12(20-2)17-18-13(16-11)21-3/h7,9H,4-6H2,1-3H3,(H,14,15)/t9-/m0/s1. The van der Waals surface area contributed by atoms with Crippen LogP contribution in [0.5, 0.6) is 11.9 Å². The molecular formula is C13H18N6O2. The molecule has 21 heavy (non-hydrogen) atoms. The number of rotatable bonds is 4. The van der Waals surface area contributed by atoms with E-state index in [1.807, 2.05) is 13.1 Å². The second-order valence-corrected chi connectivity index (χ2v) is 4.93. The van der Waals surface area contributed by atoms with Crippen molar-refractivity contribution < 1.29 is 9.47 Å². The van der Waals surface area contributed by atoms with E-state index in [4.69, 9.17) is 9.47 Å². The average molecular weight is 290 g/mol. The van der Waals surface area contributed by atoms with E-state index >= 15 is 0 Å². The van der Waals surface area contributed by atoms with Gasteiger partial charge >= 0.3 is 6.01 Å². The predicted octanol–water partition coefficient (Wildman–Crippen LogP) is 1.26. The summed E-state index contributed by atoms with van der Waals surface area (Å²) in [6.07, 6.45) is 3.89. The van der Waals surface area contributed by atoms with E-state index in [-0.39, 0.29) is 12.1 Å². The lowest BCUT2D eigenvalue weighted by atomic mass is 10.2. The number of aromatic nitrogens is 5. The van der Waals surface area contributed by atoms with Gasteiger partial charge in [-0.1, -0.05) is 5.10 Å². The van der Waals surface area contributed by atoms with E-state index in [1.54, 1.807) is 7.11 Å². The predicted molar refractivity (Wildman–Crippen MR) is 75.6 cm³/mol. The highest BCUT2D eigenvalue weighted by Crippen LogP contribution is 2.37. The first-order valence-electron chi connectivity index (χ1n) is 6.83. The molecule has 0 aromatic carbocycles. The normalized spacial score (nSPS) is 18.0. The number of ether oxygens (including phenoxy) is 2. The summed E-state index contributed by atoms with van der Waals surface area (Å²) in [6, 6.07) is 0.362. The molecule has 0 spiro atoms. The summed E-state index contributed by atoms with van der Waals surface area (Å²) in [4.78, 5) is 14.3. The third kappa shape index (κ3) is 2.48. The zero-order valence-electron chi connectivity index (χ0n) is 12.3. The molecule has 0 saturated carbocycles. The van der Waals surface area contributed by atoms with Crippen LogP contribution < -0.4 is 14.4 Å². The molecule has 2 aromatic rings. The second kappa shape index (κ2) is 5.55. The Morgan fingerprint density at radius 2 is 2.14 bits per heavy atom. The van der Waals surface area contributed by atoms with Crippen molar-refractivity contribution in [2.45, 2.75) is 25.8 Å². The first-order chi connectivity index (χ1) is 10.2. The number of imidazole rings is 1. The van der Waals surface area contributed by atoms with Gasteiger partial charge in [-0.25, -0.2) is 4.98 Å². The van der Waals surface area contributed by atoms with Crippen LogP contribution in [0.4, 0.5) is 5.82 Å². The molecule has 1 atom stereocenters. The van der Waals surface area contributed by atoms with Crippen molar-refractivity contribution in [3.05, 3.63) is 17.7 Å². The number of aromatic amines is 1. The third-order valence-corrected chi connectivity index (χ3v) is 3.56. The van der Waals surface area contributed by atoms with Crippen LogP contribution in [-0.4, -0.2) is 45.9 Å². The molecule has 1 aliphatic rings. The largest absolute Gasteiger partial charge is 0.477 e. The maximum Gasteiger partial charge on any atom is 0.337 e. The Labute approximate surface area is 122 Å². The highest BCUT2D eigenvalue weighted by atomic mass is 16.5. The van der Waals surface area contributed by atoms with Gasteiger partial charge in [0, 0.05) is 18.4 Å². The van der Waals surface area contributed by atoms with Crippen LogP contribution in [0.2, 0.25) is 0 Å². The monoisotopic (exact) mass is 290 g/mol. The molecule has 3 heterocycles. The van der Waals surface area contributed by atoms with Crippen LogP contribution >= 0.6 is 0 Å². The van der Waals surface area contributed by atoms with Gasteiger partial charge in [0.05, 0.1) is 20.3 Å². The van der Waals surface area contributed by atoms with Crippen LogP contribution in [0, 0.1) is 6.92 Å². The van der Waals surface area contributed by atoms with Gasteiger partial charge in [0.2, 0.25) is 0 Å². The molecule has 3 rings (SSSR count). The molecular weight excluding hydrogens is 272 g/mol. The molecule has 0 aliphatic carbocycles. The van der Waals surface area contributed by atoms with E-state index in [0.717, 1.165) is 30.9 Å². The maximum atomic E-state index is 5.28. The summed E-state index contributed by atoms with van der Waals surface area (Å²) >= 11 is 0. The smallest absolute Gasteiger partial charge is 0.337 e.